The van der Waals surface area contributed by atoms with Crippen LogP contribution < -0.4 is 5.73 Å². The molecule has 4 heteroatoms. The Balaban J connectivity index is 1.64. The largest absolute Gasteiger partial charge is 0.480 e. The van der Waals surface area contributed by atoms with Crippen molar-refractivity contribution in [2.45, 2.75) is 62.6 Å². The van der Waals surface area contributed by atoms with Gasteiger partial charge in [-0.2, -0.15) is 0 Å². The molecule has 4 nitrogen and oxygen atoms in total. The molecule has 3 aliphatic rings. The van der Waals surface area contributed by atoms with Crippen LogP contribution in [0.1, 0.15) is 44.9 Å². The fourth-order valence-corrected chi connectivity index (χ4v) is 3.13. The molecule has 0 amide bonds. The van der Waals surface area contributed by atoms with Crippen LogP contribution >= 0.6 is 0 Å². The van der Waals surface area contributed by atoms with Gasteiger partial charge in [0.1, 0.15) is 5.54 Å². The molecule has 0 aromatic carbocycles. The van der Waals surface area contributed by atoms with E-state index in [1.165, 1.54) is 32.2 Å². The Morgan fingerprint density at radius 3 is 2.41 bits per heavy atom. The van der Waals surface area contributed by atoms with Crippen LogP contribution in [0.4, 0.5) is 0 Å². The number of carboxylic acid groups (broad SMARTS) is 1. The number of carboxylic acids is 1. The van der Waals surface area contributed by atoms with Gasteiger partial charge in [0.25, 0.3) is 0 Å². The molecule has 3 saturated carbocycles. The molecular weight excluding hydrogens is 216 g/mol. The first-order valence-electron chi connectivity index (χ1n) is 6.86. The maximum atomic E-state index is 11.2. The van der Waals surface area contributed by atoms with Crippen LogP contribution in [0.3, 0.4) is 0 Å². The Morgan fingerprint density at radius 1 is 1.24 bits per heavy atom. The van der Waals surface area contributed by atoms with Gasteiger partial charge >= 0.3 is 5.97 Å². The lowest BCUT2D eigenvalue weighted by atomic mass is 9.99. The maximum absolute atomic E-state index is 11.2. The second-order valence-corrected chi connectivity index (χ2v) is 6.23. The van der Waals surface area contributed by atoms with Crippen molar-refractivity contribution >= 4 is 5.97 Å². The predicted molar refractivity (Wildman–Crippen MR) is 64.6 cm³/mol. The van der Waals surface area contributed by atoms with Gasteiger partial charge in [-0.15, -0.1) is 0 Å². The van der Waals surface area contributed by atoms with Crippen LogP contribution in [0.15, 0.2) is 0 Å². The summed E-state index contributed by atoms with van der Waals surface area (Å²) in [5, 5.41) is 9.18. The van der Waals surface area contributed by atoms with Crippen LogP contribution in [0.2, 0.25) is 0 Å². The smallest absolute Gasteiger partial charge is 0.323 e. The molecule has 0 aliphatic heterocycles. The quantitative estimate of drug-likeness (QED) is 0.755. The lowest BCUT2D eigenvalue weighted by Gasteiger charge is -2.30. The summed E-state index contributed by atoms with van der Waals surface area (Å²) in [6.07, 6.45) is 7.57. The van der Waals surface area contributed by atoms with Crippen molar-refractivity contribution in [3.05, 3.63) is 0 Å². The third-order valence-corrected chi connectivity index (χ3v) is 4.60. The lowest BCUT2D eigenvalue weighted by molar-refractivity contribution is -0.143. The van der Waals surface area contributed by atoms with E-state index in [2.05, 4.69) is 4.90 Å². The first-order chi connectivity index (χ1) is 8.08. The summed E-state index contributed by atoms with van der Waals surface area (Å²) in [6, 6.07) is 1.15. The van der Waals surface area contributed by atoms with E-state index in [0.29, 0.717) is 18.9 Å². The van der Waals surface area contributed by atoms with Crippen molar-refractivity contribution < 1.29 is 9.90 Å². The minimum atomic E-state index is -0.957. The zero-order valence-electron chi connectivity index (χ0n) is 10.3. The van der Waals surface area contributed by atoms with Gasteiger partial charge in [0.05, 0.1) is 0 Å². The number of rotatable bonds is 5. The number of aliphatic carboxylic acids is 1. The molecule has 96 valence electrons. The predicted octanol–water partition coefficient (Wildman–Crippen LogP) is 1.20. The van der Waals surface area contributed by atoms with E-state index in [0.717, 1.165) is 18.4 Å². The van der Waals surface area contributed by atoms with Gasteiger partial charge < -0.3 is 10.8 Å². The van der Waals surface area contributed by atoms with E-state index in [1.54, 1.807) is 0 Å². The molecule has 2 atom stereocenters. The fourth-order valence-electron chi connectivity index (χ4n) is 3.13. The summed E-state index contributed by atoms with van der Waals surface area (Å²) >= 11 is 0. The molecule has 3 N–H and O–H groups in total. The molecule has 0 aromatic rings. The van der Waals surface area contributed by atoms with Crippen molar-refractivity contribution in [1.29, 1.82) is 0 Å². The van der Waals surface area contributed by atoms with E-state index in [4.69, 9.17) is 5.73 Å². The molecule has 0 aromatic heterocycles. The minimum absolute atomic E-state index is 0.421. The summed E-state index contributed by atoms with van der Waals surface area (Å²) in [5.41, 5.74) is 5.01. The zero-order valence-corrected chi connectivity index (χ0v) is 10.3. The molecule has 0 heterocycles. The van der Waals surface area contributed by atoms with Crippen LogP contribution in [0.25, 0.3) is 0 Å². The molecule has 0 spiro atoms. The minimum Gasteiger partial charge on any atom is -0.480 e. The highest BCUT2D eigenvalue weighted by Gasteiger charge is 2.47. The van der Waals surface area contributed by atoms with Crippen LogP contribution in [0.5, 0.6) is 0 Å². The molecule has 2 unspecified atom stereocenters. The fraction of sp³-hybridized carbons (Fsp3) is 0.923. The average molecular weight is 238 g/mol. The second-order valence-electron chi connectivity index (χ2n) is 6.23. The van der Waals surface area contributed by atoms with Crippen molar-refractivity contribution in [2.24, 2.45) is 11.7 Å². The standard InChI is InChI=1S/C13H22N2O2/c14-13(12(16)17)6-5-11(7-13)15(10-3-4-10)8-9-1-2-9/h9-11H,1-8,14H2,(H,16,17). The Morgan fingerprint density at radius 2 is 1.94 bits per heavy atom. The van der Waals surface area contributed by atoms with Gasteiger partial charge in [0, 0.05) is 18.6 Å². The summed E-state index contributed by atoms with van der Waals surface area (Å²) in [6.45, 7) is 1.19. The molecule has 0 bridgehead atoms. The number of hydrogen-bond donors (Lipinski definition) is 2. The third kappa shape index (κ3) is 2.33. The Hall–Kier alpha value is -0.610. The second kappa shape index (κ2) is 3.95. The van der Waals surface area contributed by atoms with Crippen molar-refractivity contribution in [3.63, 3.8) is 0 Å². The number of nitrogens with zero attached hydrogens (tertiary/aromatic N) is 1. The van der Waals surface area contributed by atoms with E-state index in [1.807, 2.05) is 0 Å². The Kier molecular flexibility index (Phi) is 2.67. The van der Waals surface area contributed by atoms with Gasteiger partial charge in [0.2, 0.25) is 0 Å². The van der Waals surface area contributed by atoms with Crippen molar-refractivity contribution in [2.75, 3.05) is 6.54 Å². The monoisotopic (exact) mass is 238 g/mol. The van der Waals surface area contributed by atoms with E-state index in [-0.39, 0.29) is 0 Å². The SMILES string of the molecule is NC1(C(=O)O)CCC(N(CC2CC2)C2CC2)C1. The summed E-state index contributed by atoms with van der Waals surface area (Å²) in [4.78, 5) is 13.7. The molecular formula is C13H22N2O2. The average Bonchev–Trinajstić information content (AvgIpc) is 3.16. The zero-order chi connectivity index (χ0) is 12.0. The van der Waals surface area contributed by atoms with Gasteiger partial charge in [0.15, 0.2) is 0 Å². The van der Waals surface area contributed by atoms with Gasteiger partial charge in [-0.25, -0.2) is 0 Å². The number of carbonyl (C=O) groups is 1. The number of nitrogens with two attached hydrogens (primary N) is 1. The molecule has 17 heavy (non-hydrogen) atoms. The van der Waals surface area contributed by atoms with Crippen molar-refractivity contribution in [3.8, 4) is 0 Å². The van der Waals surface area contributed by atoms with Crippen LogP contribution in [-0.4, -0.2) is 40.1 Å². The Labute approximate surface area is 102 Å². The molecule has 3 aliphatic carbocycles. The Bertz CT molecular complexity index is 325. The van der Waals surface area contributed by atoms with Gasteiger partial charge in [-0.05, 0) is 50.9 Å². The van der Waals surface area contributed by atoms with Gasteiger partial charge in [-0.1, -0.05) is 0 Å². The van der Waals surface area contributed by atoms with Crippen LogP contribution in [0, 0.1) is 5.92 Å². The molecule has 3 fully saturated rings. The first-order valence-corrected chi connectivity index (χ1v) is 6.86. The van der Waals surface area contributed by atoms with Gasteiger partial charge in [-0.3, -0.25) is 9.69 Å². The van der Waals surface area contributed by atoms with Crippen LogP contribution in [-0.2, 0) is 4.79 Å². The lowest BCUT2D eigenvalue weighted by Crippen LogP contribution is -2.47. The number of hydrogen-bond acceptors (Lipinski definition) is 3. The summed E-state index contributed by atoms with van der Waals surface area (Å²) in [5.74, 6) is 0.0652. The topological polar surface area (TPSA) is 66.6 Å². The summed E-state index contributed by atoms with van der Waals surface area (Å²) in [7, 11) is 0. The molecule has 0 radical (unpaired) electrons. The van der Waals surface area contributed by atoms with E-state index < -0.39 is 11.5 Å². The highest BCUT2D eigenvalue weighted by molar-refractivity contribution is 5.79. The molecule has 0 saturated heterocycles. The van der Waals surface area contributed by atoms with E-state index in [9.17, 15) is 9.90 Å². The normalized spacial score (nSPS) is 37.6. The first kappa shape index (κ1) is 11.5. The van der Waals surface area contributed by atoms with Crippen molar-refractivity contribution in [1.82, 2.24) is 4.90 Å². The summed E-state index contributed by atoms with van der Waals surface area (Å²) < 4.78 is 0. The molecule has 3 rings (SSSR count). The third-order valence-electron chi connectivity index (χ3n) is 4.60. The maximum Gasteiger partial charge on any atom is 0.323 e. The van der Waals surface area contributed by atoms with E-state index >= 15 is 0 Å². The highest BCUT2D eigenvalue weighted by Crippen LogP contribution is 2.41. The highest BCUT2D eigenvalue weighted by atomic mass is 16.4.